The molecule has 5 aromatic rings. The molecule has 73 heavy (non-hydrogen) atoms. The van der Waals surface area contributed by atoms with Crippen molar-refractivity contribution in [3.05, 3.63) is 123 Å². The summed E-state index contributed by atoms with van der Waals surface area (Å²) in [6.45, 7) is 8.55. The second-order valence-corrected chi connectivity index (χ2v) is 18.7. The third-order valence-corrected chi connectivity index (χ3v) is 13.5. The van der Waals surface area contributed by atoms with Gasteiger partial charge in [-0.25, -0.2) is 24.2 Å². The van der Waals surface area contributed by atoms with Gasteiger partial charge in [-0.1, -0.05) is 70.2 Å². The number of esters is 1. The normalized spacial score (nSPS) is 16.7. The number of carbonyl (C=O) groups is 6. The molecule has 2 aromatic heterocycles. The quantitative estimate of drug-likeness (QED) is 0.0541. The topological polar surface area (TPSA) is 266 Å². The van der Waals surface area contributed by atoms with E-state index < -0.39 is 47.8 Å². The Morgan fingerprint density at radius 1 is 0.863 bits per heavy atom. The molecular formula is C53H61N9O11. The van der Waals surface area contributed by atoms with Crippen molar-refractivity contribution in [1.82, 2.24) is 35.3 Å². The molecule has 3 aliphatic rings. The molecule has 8 rings (SSSR count). The zero-order valence-corrected chi connectivity index (χ0v) is 41.3. The fourth-order valence-corrected chi connectivity index (χ4v) is 9.53. The summed E-state index contributed by atoms with van der Waals surface area (Å²) < 4.78 is 18.3. The Labute approximate surface area is 421 Å². The Balaban J connectivity index is 0.834. The van der Waals surface area contributed by atoms with Gasteiger partial charge >= 0.3 is 24.2 Å². The number of aromatic nitrogens is 2. The number of anilines is 1. The predicted molar refractivity (Wildman–Crippen MR) is 269 cm³/mol. The third-order valence-electron chi connectivity index (χ3n) is 13.5. The van der Waals surface area contributed by atoms with E-state index in [1.165, 1.54) is 9.80 Å². The van der Waals surface area contributed by atoms with Gasteiger partial charge in [-0.05, 0) is 85.2 Å². The summed E-state index contributed by atoms with van der Waals surface area (Å²) in [5, 5.41) is 23.6. The van der Waals surface area contributed by atoms with Gasteiger partial charge in [-0.15, -0.1) is 0 Å². The fourth-order valence-electron chi connectivity index (χ4n) is 9.53. The first-order valence-electron chi connectivity index (χ1n) is 24.6. The summed E-state index contributed by atoms with van der Waals surface area (Å²) in [6.07, 6.45) is 0.504. The number of cyclic esters (lactones) is 1. The number of rotatable bonds is 17. The molecule has 7 N–H and O–H groups in total. The van der Waals surface area contributed by atoms with Gasteiger partial charge in [0, 0.05) is 61.0 Å². The number of pyridine rings is 2. The minimum atomic E-state index is -1.93. The Hall–Kier alpha value is -7.84. The van der Waals surface area contributed by atoms with Gasteiger partial charge in [-0.3, -0.25) is 14.4 Å². The zero-order valence-electron chi connectivity index (χ0n) is 41.3. The van der Waals surface area contributed by atoms with Crippen molar-refractivity contribution < 1.29 is 48.1 Å². The summed E-state index contributed by atoms with van der Waals surface area (Å²) in [4.78, 5) is 99.4. The van der Waals surface area contributed by atoms with Crippen LogP contribution in [0.2, 0.25) is 0 Å². The number of fused-ring (bicyclic) bond motifs is 5. The molecule has 3 aromatic carbocycles. The molecule has 20 nitrogen and oxygen atoms in total. The number of nitrogens with zero attached hydrogens (tertiary/aromatic N) is 4. The number of primary amides is 1. The van der Waals surface area contributed by atoms with Crippen LogP contribution in [0.15, 0.2) is 83.7 Å². The van der Waals surface area contributed by atoms with E-state index in [2.05, 4.69) is 21.3 Å². The molecule has 0 radical (unpaired) electrons. The summed E-state index contributed by atoms with van der Waals surface area (Å²) in [5.74, 6) is -1.27. The second-order valence-electron chi connectivity index (χ2n) is 18.7. The van der Waals surface area contributed by atoms with E-state index in [1.54, 1.807) is 60.0 Å². The first kappa shape index (κ1) is 51.5. The second kappa shape index (κ2) is 22.3. The fraction of sp³-hybridized carbons (Fsp3) is 0.396. The first-order valence-corrected chi connectivity index (χ1v) is 24.6. The monoisotopic (exact) mass is 999 g/mol. The van der Waals surface area contributed by atoms with E-state index in [0.29, 0.717) is 53.2 Å². The molecule has 1 fully saturated rings. The Morgan fingerprint density at radius 3 is 2.25 bits per heavy atom. The van der Waals surface area contributed by atoms with E-state index >= 15 is 0 Å². The average molecular weight is 1000 g/mol. The molecule has 3 atom stereocenters. The smallest absolute Gasteiger partial charge is 0.415 e. The summed E-state index contributed by atoms with van der Waals surface area (Å²) >= 11 is 0. The Bertz CT molecular complexity index is 2970. The van der Waals surface area contributed by atoms with E-state index in [4.69, 9.17) is 24.9 Å². The van der Waals surface area contributed by atoms with Crippen LogP contribution in [0.1, 0.15) is 80.3 Å². The van der Waals surface area contributed by atoms with E-state index in [1.807, 2.05) is 51.1 Å². The number of nitrogens with two attached hydrogens (primary N) is 1. The summed E-state index contributed by atoms with van der Waals surface area (Å²) in [7, 11) is 0. The van der Waals surface area contributed by atoms with Gasteiger partial charge in [-0.2, -0.15) is 0 Å². The number of hydrogen-bond donors (Lipinski definition) is 6. The minimum absolute atomic E-state index is 0.00323. The van der Waals surface area contributed by atoms with E-state index in [-0.39, 0.29) is 94.0 Å². The molecule has 1 saturated heterocycles. The van der Waals surface area contributed by atoms with Gasteiger partial charge in [0.2, 0.25) is 11.8 Å². The number of hydrogen-bond acceptors (Lipinski definition) is 13. The van der Waals surface area contributed by atoms with Crippen LogP contribution < -0.4 is 37.3 Å². The maximum absolute atomic E-state index is 13.7. The van der Waals surface area contributed by atoms with Crippen molar-refractivity contribution >= 4 is 52.6 Å². The van der Waals surface area contributed by atoms with Crippen LogP contribution >= 0.6 is 0 Å². The molecule has 3 aliphatic heterocycles. The molecule has 0 saturated carbocycles. The molecule has 20 heteroatoms. The highest BCUT2D eigenvalue weighted by Crippen LogP contribution is 2.41. The largest absolute Gasteiger partial charge is 0.458 e. The number of piperazine rings is 1. The van der Waals surface area contributed by atoms with Crippen LogP contribution in [0.5, 0.6) is 5.75 Å². The number of nitrogens with one attached hydrogen (secondary N) is 4. The molecule has 6 amide bonds. The number of aliphatic hydroxyl groups is 1. The van der Waals surface area contributed by atoms with Crippen LogP contribution in [-0.4, -0.2) is 111 Å². The zero-order chi connectivity index (χ0) is 52.0. The van der Waals surface area contributed by atoms with Crippen LogP contribution in [0.4, 0.5) is 20.1 Å². The summed E-state index contributed by atoms with van der Waals surface area (Å²) in [5.41, 5.74) is 8.97. The van der Waals surface area contributed by atoms with E-state index in [9.17, 15) is 38.7 Å². The molecule has 0 aliphatic carbocycles. The van der Waals surface area contributed by atoms with Crippen molar-refractivity contribution in [2.24, 2.45) is 5.73 Å². The predicted octanol–water partition coefficient (Wildman–Crippen LogP) is 4.58. The van der Waals surface area contributed by atoms with Crippen LogP contribution in [0.25, 0.3) is 22.3 Å². The summed E-state index contributed by atoms with van der Waals surface area (Å²) in [6, 6.07) is 20.9. The minimum Gasteiger partial charge on any atom is -0.458 e. The molecule has 0 spiro atoms. The highest BCUT2D eigenvalue weighted by Gasteiger charge is 2.45. The van der Waals surface area contributed by atoms with Gasteiger partial charge in [0.05, 0.1) is 35.1 Å². The van der Waals surface area contributed by atoms with Crippen molar-refractivity contribution in [1.29, 1.82) is 0 Å². The van der Waals surface area contributed by atoms with Crippen LogP contribution in [0, 0.1) is 0 Å². The SMILES string of the molecule is CCc1c2c(nc3ccc(OC(=O)N4CCN(C(=O)OCc5ccc(NC(=O)[C@H](CCCNC(N)=O)NC(=O)[C@H](Cc6ccccc6)NC(C)C)cc5)CC4)cc13)-c1cc3c(c(=O)n1C2)COC(=O)[C@]3(O)CC. The standard InChI is InChI=1S/C53H61N9O11/c1-5-36-37-26-35(18-19-41(37)58-45-38(36)28-62-44(45)27-40-39(48(62)65)30-71-49(66)53(40,70)6-2)73-52(69)61-23-21-60(22-24-61)51(68)72-29-33-14-16-34(17-15-33)57-46(63)42(13-10-20-55-50(54)67)59-47(64)43(56-31(3)4)25-32-11-8-7-9-12-32/h7-9,11-12,14-19,26-27,31,42-43,56,70H,5-6,10,13,20-25,28-30H2,1-4H3,(H,57,63)(H,59,64)(H3,54,55,67)/t42-,43-,53-/m0/s1. The highest BCUT2D eigenvalue weighted by atomic mass is 16.6. The highest BCUT2D eigenvalue weighted by molar-refractivity contribution is 5.98. The molecule has 384 valence electrons. The number of aryl methyl sites for hydroxylation is 1. The third kappa shape index (κ3) is 11.4. The average Bonchev–Trinajstić information content (AvgIpc) is 3.75. The Morgan fingerprint density at radius 2 is 1.58 bits per heavy atom. The lowest BCUT2D eigenvalue weighted by molar-refractivity contribution is -0.172. The van der Waals surface area contributed by atoms with Crippen LogP contribution in [-0.2, 0) is 62.1 Å². The van der Waals surface area contributed by atoms with Crippen molar-refractivity contribution in [2.75, 3.05) is 38.0 Å². The molecule has 5 heterocycles. The van der Waals surface area contributed by atoms with Gasteiger partial charge in [0.15, 0.2) is 5.60 Å². The number of amides is 6. The maximum Gasteiger partial charge on any atom is 0.415 e. The molecule has 0 bridgehead atoms. The maximum atomic E-state index is 13.7. The van der Waals surface area contributed by atoms with E-state index in [0.717, 1.165) is 22.1 Å². The number of ether oxygens (including phenoxy) is 3. The number of urea groups is 1. The molecular weight excluding hydrogens is 939 g/mol. The van der Waals surface area contributed by atoms with Gasteiger partial charge in [0.25, 0.3) is 5.56 Å². The van der Waals surface area contributed by atoms with Crippen molar-refractivity contribution in [2.45, 2.75) is 103 Å². The van der Waals surface area contributed by atoms with Crippen molar-refractivity contribution in [3.63, 3.8) is 0 Å². The number of benzene rings is 3. The lowest BCUT2D eigenvalue weighted by Gasteiger charge is -2.33. The lowest BCUT2D eigenvalue weighted by atomic mass is 9.86. The van der Waals surface area contributed by atoms with Crippen LogP contribution in [0.3, 0.4) is 0 Å². The number of carbonyl (C=O) groups excluding carboxylic acids is 6. The molecule has 0 unspecified atom stereocenters. The first-order chi connectivity index (χ1) is 35.1. The van der Waals surface area contributed by atoms with Gasteiger partial charge < -0.3 is 60.7 Å². The Kier molecular flexibility index (Phi) is 15.7. The van der Waals surface area contributed by atoms with Crippen molar-refractivity contribution in [3.8, 4) is 17.1 Å². The lowest BCUT2D eigenvalue weighted by Crippen LogP contribution is -2.53. The van der Waals surface area contributed by atoms with Gasteiger partial charge in [0.1, 0.15) is 25.0 Å².